The van der Waals surface area contributed by atoms with E-state index in [1.165, 1.54) is 11.3 Å². The summed E-state index contributed by atoms with van der Waals surface area (Å²) in [6.45, 7) is 4.68. The second-order valence-corrected chi connectivity index (χ2v) is 10.4. The molecule has 0 unspecified atom stereocenters. The van der Waals surface area contributed by atoms with Crippen LogP contribution in [-0.2, 0) is 4.74 Å². The molecule has 2 fully saturated rings. The van der Waals surface area contributed by atoms with Crippen molar-refractivity contribution in [2.75, 3.05) is 38.6 Å². The van der Waals surface area contributed by atoms with Gasteiger partial charge in [0.15, 0.2) is 5.13 Å². The van der Waals surface area contributed by atoms with Crippen molar-refractivity contribution in [3.8, 4) is 27.8 Å². The standard InChI is InChI=1S/C27H25N7O2S/c1-16-20-11-19(6-7-21(20)30-15-29-16)25-24(18-5-3-4-17(10-18)12-28)31-26(37-25)32-27(35)34-13-22-23(14-34)36-9-8-33(22)2/h3-7,10-11,15,22-23H,8-9,13-14H2,1-2H3,(H,31,32,35)/t22-,23+/m1/s1. The fourth-order valence-electron chi connectivity index (χ4n) is 5.02. The number of hydrogen-bond donors (Lipinski definition) is 1. The summed E-state index contributed by atoms with van der Waals surface area (Å²) in [6, 6.07) is 15.6. The first kappa shape index (κ1) is 23.5. The lowest BCUT2D eigenvalue weighted by Crippen LogP contribution is -2.48. The number of fused-ring (bicyclic) bond motifs is 2. The zero-order chi connectivity index (χ0) is 25.5. The molecule has 2 atom stereocenters. The monoisotopic (exact) mass is 511 g/mol. The number of rotatable bonds is 3. The molecule has 2 aromatic carbocycles. The number of thiazole rings is 1. The molecular weight excluding hydrogens is 486 g/mol. The van der Waals surface area contributed by atoms with Gasteiger partial charge in [-0.25, -0.2) is 19.7 Å². The number of aryl methyl sites for hydroxylation is 1. The first-order valence-electron chi connectivity index (χ1n) is 12.1. The normalized spacial score (nSPS) is 19.5. The zero-order valence-corrected chi connectivity index (χ0v) is 21.3. The van der Waals surface area contributed by atoms with Gasteiger partial charge in [-0.15, -0.1) is 0 Å². The number of morpholine rings is 1. The van der Waals surface area contributed by atoms with E-state index < -0.39 is 0 Å². The molecule has 9 nitrogen and oxygen atoms in total. The quantitative estimate of drug-likeness (QED) is 0.440. The van der Waals surface area contributed by atoms with Crippen LogP contribution in [0.1, 0.15) is 11.3 Å². The van der Waals surface area contributed by atoms with Crippen LogP contribution >= 0.6 is 11.3 Å². The summed E-state index contributed by atoms with van der Waals surface area (Å²) in [5, 5.41) is 13.9. The zero-order valence-electron chi connectivity index (χ0n) is 20.5. The highest BCUT2D eigenvalue weighted by Gasteiger charge is 2.40. The number of ether oxygens (including phenoxy) is 1. The van der Waals surface area contributed by atoms with Crippen LogP contribution in [0.15, 0.2) is 48.8 Å². The lowest BCUT2D eigenvalue weighted by Gasteiger charge is -2.33. The number of anilines is 1. The summed E-state index contributed by atoms with van der Waals surface area (Å²) in [6.07, 6.45) is 1.59. The van der Waals surface area contributed by atoms with Gasteiger partial charge in [0, 0.05) is 29.7 Å². The van der Waals surface area contributed by atoms with E-state index in [0.29, 0.717) is 36.1 Å². The Labute approximate surface area is 218 Å². The van der Waals surface area contributed by atoms with Gasteiger partial charge in [0.2, 0.25) is 0 Å². The van der Waals surface area contributed by atoms with E-state index in [0.717, 1.165) is 39.1 Å². The molecule has 2 aliphatic rings. The molecule has 4 heterocycles. The highest BCUT2D eigenvalue weighted by molar-refractivity contribution is 7.19. The Morgan fingerprint density at radius 1 is 1.19 bits per heavy atom. The van der Waals surface area contributed by atoms with Crippen molar-refractivity contribution in [1.82, 2.24) is 24.8 Å². The van der Waals surface area contributed by atoms with Crippen molar-refractivity contribution in [2.24, 2.45) is 0 Å². The Morgan fingerprint density at radius 3 is 2.92 bits per heavy atom. The average Bonchev–Trinajstić information content (AvgIpc) is 3.54. The number of likely N-dealkylation sites (tertiary alicyclic amines) is 1. The van der Waals surface area contributed by atoms with Gasteiger partial charge >= 0.3 is 6.03 Å². The number of benzene rings is 2. The molecule has 2 amide bonds. The van der Waals surface area contributed by atoms with E-state index in [1.807, 2.05) is 37.3 Å². The first-order chi connectivity index (χ1) is 18.0. The van der Waals surface area contributed by atoms with Gasteiger partial charge < -0.3 is 9.64 Å². The number of aromatic nitrogens is 3. The minimum absolute atomic E-state index is 0.0312. The Balaban J connectivity index is 1.36. The van der Waals surface area contributed by atoms with Crippen LogP contribution in [0.3, 0.4) is 0 Å². The number of nitrogens with one attached hydrogen (secondary N) is 1. The van der Waals surface area contributed by atoms with Gasteiger partial charge in [0.25, 0.3) is 0 Å². The highest BCUT2D eigenvalue weighted by atomic mass is 32.1. The van der Waals surface area contributed by atoms with Crippen molar-refractivity contribution in [3.05, 3.63) is 60.0 Å². The van der Waals surface area contributed by atoms with Gasteiger partial charge in [-0.2, -0.15) is 5.26 Å². The summed E-state index contributed by atoms with van der Waals surface area (Å²) in [5.41, 5.74) is 4.78. The number of nitriles is 1. The maximum absolute atomic E-state index is 13.2. The van der Waals surface area contributed by atoms with Gasteiger partial charge in [0.1, 0.15) is 6.33 Å². The molecule has 0 saturated carbocycles. The third-order valence-corrected chi connectivity index (χ3v) is 8.09. The molecule has 1 N–H and O–H groups in total. The average molecular weight is 512 g/mol. The van der Waals surface area contributed by atoms with E-state index in [4.69, 9.17) is 9.72 Å². The smallest absolute Gasteiger partial charge is 0.323 e. The Kier molecular flexibility index (Phi) is 6.04. The predicted octanol–water partition coefficient (Wildman–Crippen LogP) is 4.15. The van der Waals surface area contributed by atoms with Crippen molar-refractivity contribution in [1.29, 1.82) is 5.26 Å². The minimum Gasteiger partial charge on any atom is -0.373 e. The predicted molar refractivity (Wildman–Crippen MR) is 142 cm³/mol. The van der Waals surface area contributed by atoms with Crippen LogP contribution in [0.25, 0.3) is 32.6 Å². The van der Waals surface area contributed by atoms with E-state index in [2.05, 4.69) is 39.4 Å². The van der Waals surface area contributed by atoms with E-state index >= 15 is 0 Å². The van der Waals surface area contributed by atoms with Crippen LogP contribution in [0, 0.1) is 18.3 Å². The fourth-order valence-corrected chi connectivity index (χ4v) is 6.00. The molecule has 2 aromatic heterocycles. The maximum Gasteiger partial charge on any atom is 0.323 e. The fraction of sp³-hybridized carbons (Fsp3) is 0.296. The third-order valence-electron chi connectivity index (χ3n) is 7.07. The molecule has 37 heavy (non-hydrogen) atoms. The largest absolute Gasteiger partial charge is 0.373 e. The summed E-state index contributed by atoms with van der Waals surface area (Å²) < 4.78 is 5.90. The SMILES string of the molecule is Cc1ncnc2ccc(-c3sc(NC(=O)N4C[C@@H]5OCCN(C)[C@@H]5C4)nc3-c3cccc(C#N)c3)cc12. The summed E-state index contributed by atoms with van der Waals surface area (Å²) >= 11 is 1.41. The number of urea groups is 1. The van der Waals surface area contributed by atoms with Crippen molar-refractivity contribution in [3.63, 3.8) is 0 Å². The number of nitrogens with zero attached hydrogens (tertiary/aromatic N) is 6. The Bertz CT molecular complexity index is 1550. The van der Waals surface area contributed by atoms with Crippen LogP contribution in [0.2, 0.25) is 0 Å². The Hall–Kier alpha value is -3.91. The number of carbonyl (C=O) groups is 1. The topological polar surface area (TPSA) is 107 Å². The molecule has 10 heteroatoms. The van der Waals surface area contributed by atoms with Crippen LogP contribution < -0.4 is 5.32 Å². The van der Waals surface area contributed by atoms with Crippen LogP contribution in [-0.4, -0.2) is 76.2 Å². The summed E-state index contributed by atoms with van der Waals surface area (Å²) in [4.78, 5) is 31.7. The van der Waals surface area contributed by atoms with Crippen LogP contribution in [0.4, 0.5) is 9.93 Å². The van der Waals surface area contributed by atoms with Crippen molar-refractivity contribution in [2.45, 2.75) is 19.1 Å². The summed E-state index contributed by atoms with van der Waals surface area (Å²) in [7, 11) is 2.08. The molecule has 0 spiro atoms. The van der Waals surface area contributed by atoms with Gasteiger partial charge in [-0.1, -0.05) is 29.5 Å². The number of carbonyl (C=O) groups excluding carboxylic acids is 1. The number of hydrogen-bond acceptors (Lipinski definition) is 8. The van der Waals surface area contributed by atoms with Gasteiger partial charge in [0.05, 0.1) is 53.0 Å². The molecule has 0 radical (unpaired) electrons. The van der Waals surface area contributed by atoms with Crippen molar-refractivity contribution < 1.29 is 9.53 Å². The van der Waals surface area contributed by atoms with E-state index in [9.17, 15) is 10.1 Å². The molecule has 0 aliphatic carbocycles. The second kappa shape index (κ2) is 9.52. The lowest BCUT2D eigenvalue weighted by atomic mass is 10.0. The van der Waals surface area contributed by atoms with E-state index in [-0.39, 0.29) is 18.2 Å². The molecule has 2 aliphatic heterocycles. The van der Waals surface area contributed by atoms with Crippen LogP contribution in [0.5, 0.6) is 0 Å². The molecule has 6 rings (SSSR count). The number of likely N-dealkylation sites (N-methyl/N-ethyl adjacent to an activating group) is 1. The van der Waals surface area contributed by atoms with Crippen molar-refractivity contribution >= 4 is 33.4 Å². The molecule has 2 saturated heterocycles. The molecule has 4 aromatic rings. The van der Waals surface area contributed by atoms with E-state index in [1.54, 1.807) is 17.3 Å². The summed E-state index contributed by atoms with van der Waals surface area (Å²) in [5.74, 6) is 0. The Morgan fingerprint density at radius 2 is 2.08 bits per heavy atom. The maximum atomic E-state index is 13.2. The number of amides is 2. The first-order valence-corrected chi connectivity index (χ1v) is 12.9. The lowest BCUT2D eigenvalue weighted by molar-refractivity contribution is -0.0367. The van der Waals surface area contributed by atoms with Gasteiger partial charge in [-0.3, -0.25) is 10.2 Å². The molecule has 186 valence electrons. The molecular formula is C27H25N7O2S. The molecule has 0 bridgehead atoms. The third kappa shape index (κ3) is 4.42. The second-order valence-electron chi connectivity index (χ2n) is 9.37. The van der Waals surface area contributed by atoms with Gasteiger partial charge in [-0.05, 0) is 43.8 Å². The minimum atomic E-state index is -0.188. The highest BCUT2D eigenvalue weighted by Crippen LogP contribution is 2.40.